The molecular formula is C23H31N3O4. The third-order valence-electron chi connectivity index (χ3n) is 5.76. The lowest BCUT2D eigenvalue weighted by atomic mass is 10.1. The van der Waals surface area contributed by atoms with E-state index in [9.17, 15) is 4.79 Å². The highest BCUT2D eigenvalue weighted by Crippen LogP contribution is 2.36. The number of fused-ring (bicyclic) bond motifs is 1. The van der Waals surface area contributed by atoms with Crippen molar-refractivity contribution in [3.8, 4) is 5.88 Å². The zero-order valence-electron chi connectivity index (χ0n) is 17.9. The Hall–Kier alpha value is -2.25. The predicted molar refractivity (Wildman–Crippen MR) is 113 cm³/mol. The normalized spacial score (nSPS) is 20.1. The number of carbonyl (C=O) groups excluding carboxylic acids is 1. The van der Waals surface area contributed by atoms with Crippen molar-refractivity contribution >= 4 is 16.8 Å². The summed E-state index contributed by atoms with van der Waals surface area (Å²) in [6, 6.07) is 7.86. The maximum absolute atomic E-state index is 13.3. The second kappa shape index (κ2) is 9.71. The van der Waals surface area contributed by atoms with Crippen LogP contribution in [0.1, 0.15) is 57.3 Å². The van der Waals surface area contributed by atoms with Crippen molar-refractivity contribution in [2.75, 3.05) is 26.9 Å². The molecule has 30 heavy (non-hydrogen) atoms. The van der Waals surface area contributed by atoms with Crippen LogP contribution in [-0.2, 0) is 14.3 Å². The Kier molecular flexibility index (Phi) is 6.79. The highest BCUT2D eigenvalue weighted by molar-refractivity contribution is 5.84. The Morgan fingerprint density at radius 2 is 2.03 bits per heavy atom. The van der Waals surface area contributed by atoms with E-state index in [2.05, 4.69) is 0 Å². The second-order valence-electron chi connectivity index (χ2n) is 8.11. The van der Waals surface area contributed by atoms with Gasteiger partial charge in [-0.05, 0) is 51.2 Å². The van der Waals surface area contributed by atoms with E-state index in [1.54, 1.807) is 7.11 Å². The minimum atomic E-state index is -0.341. The number of amides is 1. The standard InChI is InChI=1S/C23H31N3O4/c1-16(26(17-11-12-17)23(27)20-10-5-6-14-29-20)21-24-19-9-4-3-8-18(19)22(25-21)30-15-7-13-28-2/h3-4,8-9,16-17,20H,5-7,10-15H2,1-2H3/t16-,20-/m1/s1. The molecule has 1 saturated carbocycles. The van der Waals surface area contributed by atoms with Crippen molar-refractivity contribution in [3.05, 3.63) is 30.1 Å². The lowest BCUT2D eigenvalue weighted by Crippen LogP contribution is -2.44. The van der Waals surface area contributed by atoms with Gasteiger partial charge in [0.05, 0.1) is 23.6 Å². The number of hydrogen-bond donors (Lipinski definition) is 0. The molecule has 0 bridgehead atoms. The Labute approximate surface area is 177 Å². The topological polar surface area (TPSA) is 73.8 Å². The molecule has 2 heterocycles. The van der Waals surface area contributed by atoms with Gasteiger partial charge in [-0.1, -0.05) is 12.1 Å². The van der Waals surface area contributed by atoms with E-state index in [1.807, 2.05) is 36.1 Å². The van der Waals surface area contributed by atoms with Crippen LogP contribution in [0.15, 0.2) is 24.3 Å². The fourth-order valence-corrected chi connectivity index (χ4v) is 4.00. The summed E-state index contributed by atoms with van der Waals surface area (Å²) in [6.45, 7) is 3.83. The maximum atomic E-state index is 13.3. The average molecular weight is 414 g/mol. The SMILES string of the molecule is COCCCOc1nc([C@@H](C)N(C(=O)[C@H]2CCCCO2)C2CC2)nc2ccccc12. The number of carbonyl (C=O) groups is 1. The molecule has 7 heteroatoms. The Morgan fingerprint density at radius 1 is 1.20 bits per heavy atom. The highest BCUT2D eigenvalue weighted by Gasteiger charge is 2.40. The summed E-state index contributed by atoms with van der Waals surface area (Å²) in [5, 5.41) is 0.880. The number of para-hydroxylation sites is 1. The van der Waals surface area contributed by atoms with Gasteiger partial charge in [-0.15, -0.1) is 0 Å². The molecule has 2 fully saturated rings. The van der Waals surface area contributed by atoms with Crippen LogP contribution < -0.4 is 4.74 Å². The summed E-state index contributed by atoms with van der Waals surface area (Å²) in [5.74, 6) is 1.26. The Balaban J connectivity index is 1.60. The quantitative estimate of drug-likeness (QED) is 0.584. The summed E-state index contributed by atoms with van der Waals surface area (Å²) >= 11 is 0. The molecular weight excluding hydrogens is 382 g/mol. The summed E-state index contributed by atoms with van der Waals surface area (Å²) in [6.07, 6.45) is 5.35. The summed E-state index contributed by atoms with van der Waals surface area (Å²) < 4.78 is 16.9. The molecule has 1 aromatic carbocycles. The van der Waals surface area contributed by atoms with Gasteiger partial charge in [-0.2, -0.15) is 4.98 Å². The van der Waals surface area contributed by atoms with Gasteiger partial charge in [0, 0.05) is 32.8 Å². The first kappa shape index (κ1) is 21.0. The van der Waals surface area contributed by atoms with Gasteiger partial charge in [-0.25, -0.2) is 4.98 Å². The number of hydrogen-bond acceptors (Lipinski definition) is 6. The largest absolute Gasteiger partial charge is 0.477 e. The molecule has 1 saturated heterocycles. The molecule has 1 aromatic heterocycles. The summed E-state index contributed by atoms with van der Waals surface area (Å²) in [4.78, 5) is 24.8. The Bertz CT molecular complexity index is 865. The van der Waals surface area contributed by atoms with Gasteiger partial charge in [0.2, 0.25) is 5.88 Å². The number of benzene rings is 1. The summed E-state index contributed by atoms with van der Waals surface area (Å²) in [5.41, 5.74) is 0.827. The zero-order valence-corrected chi connectivity index (χ0v) is 17.9. The lowest BCUT2D eigenvalue weighted by Gasteiger charge is -2.33. The van der Waals surface area contributed by atoms with Crippen molar-refractivity contribution in [2.45, 2.75) is 63.6 Å². The van der Waals surface area contributed by atoms with Gasteiger partial charge in [0.15, 0.2) is 5.82 Å². The molecule has 0 N–H and O–H groups in total. The number of methoxy groups -OCH3 is 1. The first-order valence-corrected chi connectivity index (χ1v) is 11.0. The first-order chi connectivity index (χ1) is 14.7. The van der Waals surface area contributed by atoms with Gasteiger partial charge in [-0.3, -0.25) is 4.79 Å². The van der Waals surface area contributed by atoms with E-state index in [0.29, 0.717) is 31.5 Å². The van der Waals surface area contributed by atoms with Gasteiger partial charge < -0.3 is 19.1 Å². The van der Waals surface area contributed by atoms with Crippen LogP contribution in [0.3, 0.4) is 0 Å². The van der Waals surface area contributed by atoms with Crippen LogP contribution in [0.4, 0.5) is 0 Å². The van der Waals surface area contributed by atoms with Gasteiger partial charge in [0.25, 0.3) is 5.91 Å². The van der Waals surface area contributed by atoms with Crippen LogP contribution in [0, 0.1) is 0 Å². The average Bonchev–Trinajstić information content (AvgIpc) is 3.62. The highest BCUT2D eigenvalue weighted by atomic mass is 16.5. The molecule has 1 aliphatic heterocycles. The van der Waals surface area contributed by atoms with E-state index < -0.39 is 0 Å². The molecule has 7 nitrogen and oxygen atoms in total. The molecule has 0 radical (unpaired) electrons. The monoisotopic (exact) mass is 413 g/mol. The number of rotatable bonds is 9. The smallest absolute Gasteiger partial charge is 0.252 e. The molecule has 1 amide bonds. The molecule has 1 aliphatic carbocycles. The zero-order chi connectivity index (χ0) is 20.9. The van der Waals surface area contributed by atoms with E-state index in [0.717, 1.165) is 49.4 Å². The number of ether oxygens (including phenoxy) is 3. The van der Waals surface area contributed by atoms with Crippen LogP contribution in [-0.4, -0.2) is 59.9 Å². The fourth-order valence-electron chi connectivity index (χ4n) is 4.00. The van der Waals surface area contributed by atoms with E-state index in [-0.39, 0.29) is 24.1 Å². The van der Waals surface area contributed by atoms with E-state index in [1.165, 1.54) is 0 Å². The molecule has 162 valence electrons. The summed E-state index contributed by atoms with van der Waals surface area (Å²) in [7, 11) is 1.68. The first-order valence-electron chi connectivity index (χ1n) is 11.0. The van der Waals surface area contributed by atoms with Crippen LogP contribution >= 0.6 is 0 Å². The third-order valence-corrected chi connectivity index (χ3v) is 5.76. The molecule has 2 aromatic rings. The van der Waals surface area contributed by atoms with E-state index >= 15 is 0 Å². The Morgan fingerprint density at radius 3 is 2.77 bits per heavy atom. The number of nitrogens with zero attached hydrogens (tertiary/aromatic N) is 3. The molecule has 2 aliphatic rings. The van der Waals surface area contributed by atoms with Crippen molar-refractivity contribution < 1.29 is 19.0 Å². The van der Waals surface area contributed by atoms with Crippen LogP contribution in [0.25, 0.3) is 10.9 Å². The fraction of sp³-hybridized carbons (Fsp3) is 0.609. The number of aromatic nitrogens is 2. The van der Waals surface area contributed by atoms with Gasteiger partial charge >= 0.3 is 0 Å². The molecule has 2 atom stereocenters. The van der Waals surface area contributed by atoms with Crippen molar-refractivity contribution in [1.82, 2.24) is 14.9 Å². The van der Waals surface area contributed by atoms with Gasteiger partial charge in [0.1, 0.15) is 6.10 Å². The minimum Gasteiger partial charge on any atom is -0.477 e. The van der Waals surface area contributed by atoms with E-state index in [4.69, 9.17) is 24.2 Å². The second-order valence-corrected chi connectivity index (χ2v) is 8.11. The molecule has 0 spiro atoms. The lowest BCUT2D eigenvalue weighted by molar-refractivity contribution is -0.149. The van der Waals surface area contributed by atoms with Crippen molar-refractivity contribution in [1.29, 1.82) is 0 Å². The predicted octanol–water partition coefficient (Wildman–Crippen LogP) is 3.67. The van der Waals surface area contributed by atoms with Crippen LogP contribution in [0.2, 0.25) is 0 Å². The van der Waals surface area contributed by atoms with Crippen LogP contribution in [0.5, 0.6) is 5.88 Å². The third kappa shape index (κ3) is 4.73. The van der Waals surface area contributed by atoms with Crippen molar-refractivity contribution in [2.24, 2.45) is 0 Å². The molecule has 0 unspecified atom stereocenters. The van der Waals surface area contributed by atoms with Crippen molar-refractivity contribution in [3.63, 3.8) is 0 Å². The maximum Gasteiger partial charge on any atom is 0.252 e. The molecule has 4 rings (SSSR count). The minimum absolute atomic E-state index is 0.0732.